The summed E-state index contributed by atoms with van der Waals surface area (Å²) < 4.78 is 5.46. The standard InChI is InChI=1S/C15H24N2O/c1-14(9-10-14)15(2,11-16)17(3)12-7-5-6-8-13(12)18-4/h5-8H,9-11,16H2,1-4H3. The van der Waals surface area contributed by atoms with Gasteiger partial charge in [0.25, 0.3) is 0 Å². The predicted octanol–water partition coefficient (Wildman–Crippen LogP) is 2.65. The van der Waals surface area contributed by atoms with Crippen LogP contribution in [-0.4, -0.2) is 26.2 Å². The maximum absolute atomic E-state index is 6.08. The van der Waals surface area contributed by atoms with Crippen molar-refractivity contribution in [2.75, 3.05) is 25.6 Å². The normalized spacial score (nSPS) is 20.1. The second-order valence-corrected chi connectivity index (χ2v) is 5.77. The molecular formula is C15H24N2O. The van der Waals surface area contributed by atoms with Crippen molar-refractivity contribution in [3.8, 4) is 5.75 Å². The Kier molecular flexibility index (Phi) is 3.28. The second-order valence-electron chi connectivity index (χ2n) is 5.77. The molecule has 1 atom stereocenters. The minimum absolute atomic E-state index is 0.0262. The molecule has 0 amide bonds. The zero-order valence-electron chi connectivity index (χ0n) is 11.9. The molecule has 100 valence electrons. The van der Waals surface area contributed by atoms with Gasteiger partial charge < -0.3 is 15.4 Å². The number of nitrogens with two attached hydrogens (primary N) is 1. The third-order valence-electron chi connectivity index (χ3n) is 4.88. The number of nitrogens with zero attached hydrogens (tertiary/aromatic N) is 1. The van der Waals surface area contributed by atoms with Gasteiger partial charge in [-0.25, -0.2) is 0 Å². The SMILES string of the molecule is COc1ccccc1N(C)C(C)(CN)C1(C)CC1. The van der Waals surface area contributed by atoms with E-state index in [-0.39, 0.29) is 5.54 Å². The fraction of sp³-hybridized carbons (Fsp3) is 0.600. The maximum atomic E-state index is 6.08. The molecule has 0 heterocycles. The minimum atomic E-state index is -0.0262. The number of methoxy groups -OCH3 is 1. The predicted molar refractivity (Wildman–Crippen MR) is 76.2 cm³/mol. The van der Waals surface area contributed by atoms with Crippen LogP contribution in [0.3, 0.4) is 0 Å². The Morgan fingerprint density at radius 2 is 2.00 bits per heavy atom. The first-order chi connectivity index (χ1) is 8.48. The highest BCUT2D eigenvalue weighted by Gasteiger charge is 2.54. The van der Waals surface area contributed by atoms with Crippen molar-refractivity contribution >= 4 is 5.69 Å². The van der Waals surface area contributed by atoms with Gasteiger partial charge >= 0.3 is 0 Å². The lowest BCUT2D eigenvalue weighted by Gasteiger charge is -2.45. The van der Waals surface area contributed by atoms with Crippen molar-refractivity contribution in [2.45, 2.75) is 32.2 Å². The molecule has 0 bridgehead atoms. The summed E-state index contributed by atoms with van der Waals surface area (Å²) in [5, 5.41) is 0. The van der Waals surface area contributed by atoms with E-state index >= 15 is 0 Å². The van der Waals surface area contributed by atoms with Gasteiger partial charge in [0.15, 0.2) is 0 Å². The Labute approximate surface area is 110 Å². The molecule has 2 rings (SSSR count). The molecule has 3 nitrogen and oxygen atoms in total. The fourth-order valence-electron chi connectivity index (χ4n) is 2.69. The van der Waals surface area contributed by atoms with Crippen LogP contribution >= 0.6 is 0 Å². The minimum Gasteiger partial charge on any atom is -0.495 e. The lowest BCUT2D eigenvalue weighted by Crippen LogP contribution is -2.55. The molecule has 18 heavy (non-hydrogen) atoms. The molecule has 0 aromatic heterocycles. The average molecular weight is 248 g/mol. The van der Waals surface area contributed by atoms with E-state index in [1.54, 1.807) is 7.11 Å². The Balaban J connectivity index is 2.37. The van der Waals surface area contributed by atoms with Gasteiger partial charge in [-0.2, -0.15) is 0 Å². The Bertz CT molecular complexity index is 428. The van der Waals surface area contributed by atoms with E-state index in [1.165, 1.54) is 12.8 Å². The second kappa shape index (κ2) is 4.47. The monoisotopic (exact) mass is 248 g/mol. The van der Waals surface area contributed by atoms with E-state index in [0.717, 1.165) is 11.4 Å². The summed E-state index contributed by atoms with van der Waals surface area (Å²) in [7, 11) is 3.83. The summed E-state index contributed by atoms with van der Waals surface area (Å²) in [6, 6.07) is 8.13. The van der Waals surface area contributed by atoms with Crippen LogP contribution in [0.2, 0.25) is 0 Å². The molecule has 0 radical (unpaired) electrons. The molecule has 1 aliphatic rings. The Morgan fingerprint density at radius 3 is 2.50 bits per heavy atom. The number of likely N-dealkylation sites (N-methyl/N-ethyl adjacent to an activating group) is 1. The van der Waals surface area contributed by atoms with Gasteiger partial charge in [0.05, 0.1) is 18.3 Å². The first kappa shape index (κ1) is 13.2. The number of benzene rings is 1. The van der Waals surface area contributed by atoms with Crippen LogP contribution in [0.4, 0.5) is 5.69 Å². The topological polar surface area (TPSA) is 38.5 Å². The van der Waals surface area contributed by atoms with Gasteiger partial charge in [-0.1, -0.05) is 19.1 Å². The number of hydrogen-bond acceptors (Lipinski definition) is 3. The Hall–Kier alpha value is -1.22. The Morgan fingerprint density at radius 1 is 1.39 bits per heavy atom. The highest BCUT2D eigenvalue weighted by molar-refractivity contribution is 5.60. The molecule has 1 saturated carbocycles. The van der Waals surface area contributed by atoms with E-state index in [0.29, 0.717) is 12.0 Å². The molecular weight excluding hydrogens is 224 g/mol. The maximum Gasteiger partial charge on any atom is 0.142 e. The third-order valence-corrected chi connectivity index (χ3v) is 4.88. The molecule has 0 saturated heterocycles. The van der Waals surface area contributed by atoms with Crippen LogP contribution in [0.15, 0.2) is 24.3 Å². The van der Waals surface area contributed by atoms with E-state index < -0.39 is 0 Å². The third kappa shape index (κ3) is 1.87. The van der Waals surface area contributed by atoms with Crippen LogP contribution < -0.4 is 15.4 Å². The molecule has 0 spiro atoms. The van der Waals surface area contributed by atoms with Crippen molar-refractivity contribution in [1.82, 2.24) is 0 Å². The van der Waals surface area contributed by atoms with Gasteiger partial charge in [0.1, 0.15) is 5.75 Å². The largest absolute Gasteiger partial charge is 0.495 e. The molecule has 1 aromatic carbocycles. The van der Waals surface area contributed by atoms with Crippen LogP contribution in [-0.2, 0) is 0 Å². The van der Waals surface area contributed by atoms with Crippen molar-refractivity contribution in [1.29, 1.82) is 0 Å². The van der Waals surface area contributed by atoms with Gasteiger partial charge in [-0.15, -0.1) is 0 Å². The summed E-state index contributed by atoms with van der Waals surface area (Å²) in [6.07, 6.45) is 2.50. The lowest BCUT2D eigenvalue weighted by atomic mass is 9.82. The fourth-order valence-corrected chi connectivity index (χ4v) is 2.69. The molecule has 2 N–H and O–H groups in total. The first-order valence-electron chi connectivity index (χ1n) is 6.55. The first-order valence-corrected chi connectivity index (χ1v) is 6.55. The number of rotatable bonds is 5. The van der Waals surface area contributed by atoms with Crippen LogP contribution in [0.5, 0.6) is 5.75 Å². The smallest absolute Gasteiger partial charge is 0.142 e. The van der Waals surface area contributed by atoms with Gasteiger partial charge in [-0.05, 0) is 37.3 Å². The van der Waals surface area contributed by atoms with Crippen molar-refractivity contribution < 1.29 is 4.74 Å². The molecule has 3 heteroatoms. The zero-order chi connectivity index (χ0) is 13.4. The average Bonchev–Trinajstić information content (AvgIpc) is 3.16. The summed E-state index contributed by atoms with van der Waals surface area (Å²) in [6.45, 7) is 5.23. The van der Waals surface area contributed by atoms with Gasteiger partial charge in [0.2, 0.25) is 0 Å². The van der Waals surface area contributed by atoms with Gasteiger partial charge in [-0.3, -0.25) is 0 Å². The summed E-state index contributed by atoms with van der Waals surface area (Å²) in [5.41, 5.74) is 7.48. The summed E-state index contributed by atoms with van der Waals surface area (Å²) in [4.78, 5) is 2.29. The van der Waals surface area contributed by atoms with E-state index in [9.17, 15) is 0 Å². The van der Waals surface area contributed by atoms with Crippen LogP contribution in [0, 0.1) is 5.41 Å². The quantitative estimate of drug-likeness (QED) is 0.870. The summed E-state index contributed by atoms with van der Waals surface area (Å²) in [5.74, 6) is 0.906. The zero-order valence-corrected chi connectivity index (χ0v) is 11.9. The van der Waals surface area contributed by atoms with Crippen molar-refractivity contribution in [3.05, 3.63) is 24.3 Å². The van der Waals surface area contributed by atoms with Crippen LogP contribution in [0.1, 0.15) is 26.7 Å². The number of para-hydroxylation sites is 2. The highest BCUT2D eigenvalue weighted by atomic mass is 16.5. The lowest BCUT2D eigenvalue weighted by molar-refractivity contribution is 0.286. The molecule has 1 aromatic rings. The van der Waals surface area contributed by atoms with E-state index in [2.05, 4.69) is 31.9 Å². The highest BCUT2D eigenvalue weighted by Crippen LogP contribution is 2.56. The van der Waals surface area contributed by atoms with E-state index in [1.807, 2.05) is 18.2 Å². The van der Waals surface area contributed by atoms with Crippen molar-refractivity contribution in [3.63, 3.8) is 0 Å². The van der Waals surface area contributed by atoms with Crippen molar-refractivity contribution in [2.24, 2.45) is 11.1 Å². The number of anilines is 1. The van der Waals surface area contributed by atoms with Crippen LogP contribution in [0.25, 0.3) is 0 Å². The molecule has 1 unspecified atom stereocenters. The molecule has 1 fully saturated rings. The summed E-state index contributed by atoms with van der Waals surface area (Å²) >= 11 is 0. The molecule has 0 aliphatic heterocycles. The number of ether oxygens (including phenoxy) is 1. The molecule has 1 aliphatic carbocycles. The van der Waals surface area contributed by atoms with Gasteiger partial charge in [0, 0.05) is 13.6 Å². The number of hydrogen-bond donors (Lipinski definition) is 1. The van der Waals surface area contributed by atoms with E-state index in [4.69, 9.17) is 10.5 Å².